The number of fused-ring (bicyclic) bond motifs is 1. The van der Waals surface area contributed by atoms with Crippen LogP contribution in [0, 0.1) is 25.2 Å². The van der Waals surface area contributed by atoms with Gasteiger partial charge in [-0.2, -0.15) is 14.9 Å². The van der Waals surface area contributed by atoms with Crippen molar-refractivity contribution in [1.29, 1.82) is 5.26 Å². The second kappa shape index (κ2) is 4.92. The van der Waals surface area contributed by atoms with Crippen molar-refractivity contribution in [2.45, 2.75) is 40.0 Å². The molecule has 0 saturated carbocycles. The molecule has 2 heterocycles. The zero-order chi connectivity index (χ0) is 16.1. The molecule has 3 rings (SSSR count). The summed E-state index contributed by atoms with van der Waals surface area (Å²) in [6.07, 6.45) is 0. The van der Waals surface area contributed by atoms with Crippen molar-refractivity contribution in [1.82, 2.24) is 14.6 Å². The van der Waals surface area contributed by atoms with E-state index >= 15 is 0 Å². The van der Waals surface area contributed by atoms with Gasteiger partial charge in [0.1, 0.15) is 11.1 Å². The maximum atomic E-state index is 9.48. The number of rotatable bonds is 1. The molecule has 0 N–H and O–H groups in total. The van der Waals surface area contributed by atoms with Crippen molar-refractivity contribution >= 4 is 16.3 Å². The van der Waals surface area contributed by atoms with E-state index in [1.807, 2.05) is 0 Å². The summed E-state index contributed by atoms with van der Waals surface area (Å²) in [6, 6.07) is 8.55. The molecule has 0 aliphatic rings. The van der Waals surface area contributed by atoms with Gasteiger partial charge in [-0.1, -0.05) is 44.2 Å². The summed E-state index contributed by atoms with van der Waals surface area (Å²) >= 11 is 1.52. The Morgan fingerprint density at radius 3 is 2.50 bits per heavy atom. The minimum Gasteiger partial charge on any atom is -0.221 e. The van der Waals surface area contributed by atoms with Crippen LogP contribution in [0.5, 0.6) is 0 Å². The fraction of sp³-hybridized carbons (Fsp3) is 0.353. The molecule has 0 amide bonds. The number of hydrogen-bond donors (Lipinski definition) is 0. The van der Waals surface area contributed by atoms with Gasteiger partial charge in [0.05, 0.1) is 5.69 Å². The van der Waals surface area contributed by atoms with Crippen molar-refractivity contribution < 1.29 is 0 Å². The Morgan fingerprint density at radius 1 is 1.18 bits per heavy atom. The summed E-state index contributed by atoms with van der Waals surface area (Å²) in [5.41, 5.74) is 4.74. The van der Waals surface area contributed by atoms with E-state index in [1.54, 1.807) is 4.52 Å². The first-order chi connectivity index (χ1) is 10.3. The third-order valence-corrected chi connectivity index (χ3v) is 4.73. The summed E-state index contributed by atoms with van der Waals surface area (Å²) in [5.74, 6) is 0. The van der Waals surface area contributed by atoms with Gasteiger partial charge in [0.2, 0.25) is 4.96 Å². The van der Waals surface area contributed by atoms with Crippen LogP contribution in [-0.2, 0) is 5.41 Å². The van der Waals surface area contributed by atoms with Crippen LogP contribution in [0.1, 0.15) is 43.3 Å². The van der Waals surface area contributed by atoms with E-state index in [0.717, 1.165) is 21.2 Å². The molecule has 0 radical (unpaired) electrons. The van der Waals surface area contributed by atoms with Crippen LogP contribution in [0.4, 0.5) is 0 Å². The van der Waals surface area contributed by atoms with E-state index in [4.69, 9.17) is 0 Å². The van der Waals surface area contributed by atoms with E-state index in [1.165, 1.54) is 22.5 Å². The molecule has 0 saturated heterocycles. The zero-order valence-electron chi connectivity index (χ0n) is 13.4. The highest BCUT2D eigenvalue weighted by atomic mass is 32.1. The van der Waals surface area contributed by atoms with Crippen molar-refractivity contribution in [3.05, 3.63) is 40.7 Å². The summed E-state index contributed by atoms with van der Waals surface area (Å²) in [6.45, 7) is 10.4. The minimum absolute atomic E-state index is 0.168. The number of benzene rings is 1. The minimum atomic E-state index is -0.168. The van der Waals surface area contributed by atoms with Gasteiger partial charge in [0.15, 0.2) is 5.69 Å². The summed E-state index contributed by atoms with van der Waals surface area (Å²) in [7, 11) is 0. The van der Waals surface area contributed by atoms with E-state index in [-0.39, 0.29) is 5.41 Å². The average Bonchev–Trinajstić information content (AvgIpc) is 2.98. The Morgan fingerprint density at radius 2 is 1.91 bits per heavy atom. The largest absolute Gasteiger partial charge is 0.221 e. The Labute approximate surface area is 134 Å². The van der Waals surface area contributed by atoms with Gasteiger partial charge in [0, 0.05) is 11.0 Å². The Kier molecular flexibility index (Phi) is 3.30. The first-order valence-electron chi connectivity index (χ1n) is 7.19. The molecule has 3 aromatic rings. The molecule has 2 aromatic heterocycles. The van der Waals surface area contributed by atoms with E-state index in [2.05, 4.69) is 69.0 Å². The molecule has 0 spiro atoms. The third kappa shape index (κ3) is 2.30. The number of nitriles is 1. The molecule has 112 valence electrons. The fourth-order valence-electron chi connectivity index (χ4n) is 2.36. The van der Waals surface area contributed by atoms with Gasteiger partial charge >= 0.3 is 0 Å². The summed E-state index contributed by atoms with van der Waals surface area (Å²) in [5, 5.41) is 15.0. The first-order valence-corrected chi connectivity index (χ1v) is 8.00. The Hall–Kier alpha value is -2.19. The number of nitrogens with zero attached hydrogens (tertiary/aromatic N) is 4. The molecule has 0 aliphatic heterocycles. The van der Waals surface area contributed by atoms with Crippen molar-refractivity contribution in [3.8, 4) is 16.6 Å². The highest BCUT2D eigenvalue weighted by Gasteiger charge is 2.26. The van der Waals surface area contributed by atoms with Gasteiger partial charge in [-0.15, -0.1) is 0 Å². The standard InChI is InChI=1S/C17H18N4S/c1-10-6-7-12(8-11(10)2)15-20-21-13(9-18)14(17(3,4)5)19-16(21)22-15/h6-8H,1-5H3. The predicted octanol–water partition coefficient (Wildman–Crippen LogP) is 4.24. The molecular weight excluding hydrogens is 292 g/mol. The predicted molar refractivity (Wildman–Crippen MR) is 89.2 cm³/mol. The lowest BCUT2D eigenvalue weighted by Crippen LogP contribution is -2.14. The quantitative estimate of drug-likeness (QED) is 0.675. The van der Waals surface area contributed by atoms with Crippen LogP contribution < -0.4 is 0 Å². The smallest absolute Gasteiger partial charge is 0.214 e. The lowest BCUT2D eigenvalue weighted by molar-refractivity contribution is 0.570. The van der Waals surface area contributed by atoms with Gasteiger partial charge < -0.3 is 0 Å². The average molecular weight is 310 g/mol. The molecule has 0 fully saturated rings. The fourth-order valence-corrected chi connectivity index (χ4v) is 3.26. The SMILES string of the molecule is Cc1ccc(-c2nn3c(C#N)c(C(C)(C)C)nc3s2)cc1C. The number of imidazole rings is 1. The molecule has 0 unspecified atom stereocenters. The molecule has 0 atom stereocenters. The number of aryl methyl sites for hydroxylation is 2. The van der Waals surface area contributed by atoms with Gasteiger partial charge in [-0.3, -0.25) is 0 Å². The van der Waals surface area contributed by atoms with Crippen LogP contribution in [0.15, 0.2) is 18.2 Å². The van der Waals surface area contributed by atoms with E-state index < -0.39 is 0 Å². The van der Waals surface area contributed by atoms with Crippen LogP contribution in [-0.4, -0.2) is 14.6 Å². The van der Waals surface area contributed by atoms with Crippen molar-refractivity contribution in [3.63, 3.8) is 0 Å². The molecule has 5 heteroatoms. The maximum absolute atomic E-state index is 9.48. The highest BCUT2D eigenvalue weighted by Crippen LogP contribution is 2.31. The molecular formula is C17H18N4S. The van der Waals surface area contributed by atoms with Crippen molar-refractivity contribution in [2.75, 3.05) is 0 Å². The monoisotopic (exact) mass is 310 g/mol. The second-order valence-corrected chi connectivity index (χ2v) is 7.53. The number of aromatic nitrogens is 3. The third-order valence-electron chi connectivity index (χ3n) is 3.77. The van der Waals surface area contributed by atoms with E-state index in [0.29, 0.717) is 5.69 Å². The van der Waals surface area contributed by atoms with Crippen LogP contribution in [0.2, 0.25) is 0 Å². The topological polar surface area (TPSA) is 54.0 Å². The molecule has 0 aliphatic carbocycles. The number of hydrogen-bond acceptors (Lipinski definition) is 4. The van der Waals surface area contributed by atoms with Gasteiger partial charge in [-0.05, 0) is 31.0 Å². The lowest BCUT2D eigenvalue weighted by atomic mass is 9.91. The Balaban J connectivity index is 2.17. The normalized spacial score (nSPS) is 11.8. The molecule has 0 bridgehead atoms. The lowest BCUT2D eigenvalue weighted by Gasteiger charge is -2.14. The van der Waals surface area contributed by atoms with Crippen LogP contribution in [0.25, 0.3) is 15.5 Å². The summed E-state index contributed by atoms with van der Waals surface area (Å²) in [4.78, 5) is 5.41. The zero-order valence-corrected chi connectivity index (χ0v) is 14.2. The first kappa shape index (κ1) is 14.7. The van der Waals surface area contributed by atoms with Crippen LogP contribution >= 0.6 is 11.3 Å². The van der Waals surface area contributed by atoms with E-state index in [9.17, 15) is 5.26 Å². The second-order valence-electron chi connectivity index (χ2n) is 6.57. The molecule has 22 heavy (non-hydrogen) atoms. The highest BCUT2D eigenvalue weighted by molar-refractivity contribution is 7.19. The van der Waals surface area contributed by atoms with Gasteiger partial charge in [0.25, 0.3) is 0 Å². The van der Waals surface area contributed by atoms with Gasteiger partial charge in [-0.25, -0.2) is 4.98 Å². The van der Waals surface area contributed by atoms with Crippen molar-refractivity contribution in [2.24, 2.45) is 0 Å². The maximum Gasteiger partial charge on any atom is 0.214 e. The molecule has 1 aromatic carbocycles. The van der Waals surface area contributed by atoms with Crippen LogP contribution in [0.3, 0.4) is 0 Å². The Bertz CT molecular complexity index is 903. The summed E-state index contributed by atoms with van der Waals surface area (Å²) < 4.78 is 1.68. The molecule has 4 nitrogen and oxygen atoms in total.